The predicted octanol–water partition coefficient (Wildman–Crippen LogP) is 5.72. The first-order valence-electron chi connectivity index (χ1n) is 10.6. The van der Waals surface area contributed by atoms with E-state index in [-0.39, 0.29) is 23.0 Å². The average molecular weight is 427 g/mol. The van der Waals surface area contributed by atoms with E-state index in [0.29, 0.717) is 17.9 Å². The third-order valence-corrected chi connectivity index (χ3v) is 6.74. The SMILES string of the molecule is CCC(Sc1cccc(NC(=O)C2CCCCC2)c1)C(=O)Nc1ccccc1OC. The molecule has 0 aliphatic heterocycles. The van der Waals surface area contributed by atoms with Crippen molar-refractivity contribution in [3.05, 3.63) is 48.5 Å². The van der Waals surface area contributed by atoms with E-state index >= 15 is 0 Å². The summed E-state index contributed by atoms with van der Waals surface area (Å²) < 4.78 is 5.32. The lowest BCUT2D eigenvalue weighted by atomic mass is 9.88. The van der Waals surface area contributed by atoms with Gasteiger partial charge in [-0.2, -0.15) is 0 Å². The molecule has 2 aromatic rings. The molecule has 1 atom stereocenters. The molecule has 2 aromatic carbocycles. The van der Waals surface area contributed by atoms with Crippen LogP contribution in [0.25, 0.3) is 0 Å². The van der Waals surface area contributed by atoms with Crippen LogP contribution < -0.4 is 15.4 Å². The molecule has 160 valence electrons. The van der Waals surface area contributed by atoms with Crippen molar-refractivity contribution in [3.8, 4) is 5.75 Å². The number of ether oxygens (including phenoxy) is 1. The number of hydrogen-bond donors (Lipinski definition) is 2. The van der Waals surface area contributed by atoms with E-state index < -0.39 is 0 Å². The molecule has 0 spiro atoms. The highest BCUT2D eigenvalue weighted by molar-refractivity contribution is 8.00. The first-order chi connectivity index (χ1) is 14.6. The Morgan fingerprint density at radius 2 is 1.83 bits per heavy atom. The second-order valence-corrected chi connectivity index (χ2v) is 8.83. The number of nitrogens with one attached hydrogen (secondary N) is 2. The van der Waals surface area contributed by atoms with Gasteiger partial charge < -0.3 is 15.4 Å². The maximum atomic E-state index is 12.8. The quantitative estimate of drug-likeness (QED) is 0.530. The molecule has 6 heteroatoms. The summed E-state index contributed by atoms with van der Waals surface area (Å²) in [7, 11) is 1.59. The number of hydrogen-bond acceptors (Lipinski definition) is 4. The standard InChI is InChI=1S/C24H30N2O3S/c1-3-22(24(28)26-20-14-7-8-15-21(20)29-2)30-19-13-9-12-18(16-19)25-23(27)17-10-5-4-6-11-17/h7-9,12-17,22H,3-6,10-11H2,1-2H3,(H,25,27)(H,26,28). The van der Waals surface area contributed by atoms with Gasteiger partial charge in [0.2, 0.25) is 11.8 Å². The summed E-state index contributed by atoms with van der Waals surface area (Å²) in [6, 6.07) is 15.1. The number of carbonyl (C=O) groups excluding carboxylic acids is 2. The Morgan fingerprint density at radius 3 is 2.57 bits per heavy atom. The minimum absolute atomic E-state index is 0.0661. The first kappa shape index (κ1) is 22.2. The molecule has 30 heavy (non-hydrogen) atoms. The molecule has 2 N–H and O–H groups in total. The van der Waals surface area contributed by atoms with Gasteiger partial charge in [0.05, 0.1) is 18.0 Å². The Labute approximate surface area is 183 Å². The molecule has 0 saturated heterocycles. The van der Waals surface area contributed by atoms with Crippen molar-refractivity contribution in [1.29, 1.82) is 0 Å². The zero-order valence-corrected chi connectivity index (χ0v) is 18.5. The summed E-state index contributed by atoms with van der Waals surface area (Å²) >= 11 is 1.50. The number of rotatable bonds is 8. The van der Waals surface area contributed by atoms with E-state index in [2.05, 4.69) is 10.6 Å². The van der Waals surface area contributed by atoms with Gasteiger partial charge >= 0.3 is 0 Å². The Morgan fingerprint density at radius 1 is 1.07 bits per heavy atom. The Bertz CT molecular complexity index is 865. The van der Waals surface area contributed by atoms with Gasteiger partial charge in [0.1, 0.15) is 5.75 Å². The Kier molecular flexibility index (Phi) is 8.20. The zero-order valence-electron chi connectivity index (χ0n) is 17.6. The minimum atomic E-state index is -0.251. The number of para-hydroxylation sites is 2. The van der Waals surface area contributed by atoms with Crippen LogP contribution in [0.2, 0.25) is 0 Å². The molecule has 1 unspecified atom stereocenters. The van der Waals surface area contributed by atoms with Crippen LogP contribution in [-0.4, -0.2) is 24.2 Å². The largest absolute Gasteiger partial charge is 0.495 e. The molecule has 2 amide bonds. The number of thioether (sulfide) groups is 1. The van der Waals surface area contributed by atoms with Crippen molar-refractivity contribution in [1.82, 2.24) is 0 Å². The first-order valence-corrected chi connectivity index (χ1v) is 11.5. The van der Waals surface area contributed by atoms with Crippen LogP contribution in [-0.2, 0) is 9.59 Å². The summed E-state index contributed by atoms with van der Waals surface area (Å²) in [5, 5.41) is 5.78. The molecule has 1 saturated carbocycles. The third kappa shape index (κ3) is 6.02. The number of amides is 2. The fraction of sp³-hybridized carbons (Fsp3) is 0.417. The summed E-state index contributed by atoms with van der Waals surface area (Å²) in [4.78, 5) is 26.3. The van der Waals surface area contributed by atoms with E-state index in [4.69, 9.17) is 4.74 Å². The van der Waals surface area contributed by atoms with Crippen molar-refractivity contribution < 1.29 is 14.3 Å². The third-order valence-electron chi connectivity index (χ3n) is 5.38. The Balaban J connectivity index is 1.63. The second kappa shape index (κ2) is 11.1. The molecule has 1 aliphatic rings. The molecular formula is C24H30N2O3S. The molecule has 0 bridgehead atoms. The number of benzene rings is 2. The van der Waals surface area contributed by atoms with Gasteiger partial charge in [-0.05, 0) is 49.6 Å². The summed E-state index contributed by atoms with van der Waals surface area (Å²) in [6.45, 7) is 1.99. The van der Waals surface area contributed by atoms with Crippen molar-refractivity contribution in [2.24, 2.45) is 5.92 Å². The van der Waals surface area contributed by atoms with Gasteiger partial charge in [-0.1, -0.05) is 44.4 Å². The van der Waals surface area contributed by atoms with Crippen LogP contribution >= 0.6 is 11.8 Å². The summed E-state index contributed by atoms with van der Waals surface area (Å²) in [6.07, 6.45) is 6.12. The highest BCUT2D eigenvalue weighted by Gasteiger charge is 2.22. The highest BCUT2D eigenvalue weighted by Crippen LogP contribution is 2.31. The predicted molar refractivity (Wildman–Crippen MR) is 123 cm³/mol. The monoisotopic (exact) mass is 426 g/mol. The van der Waals surface area contributed by atoms with Crippen LogP contribution in [0.15, 0.2) is 53.4 Å². The highest BCUT2D eigenvalue weighted by atomic mass is 32.2. The number of methoxy groups -OCH3 is 1. The summed E-state index contributed by atoms with van der Waals surface area (Å²) in [5.74, 6) is 0.796. The molecule has 0 aromatic heterocycles. The van der Waals surface area contributed by atoms with Gasteiger partial charge in [-0.15, -0.1) is 11.8 Å². The fourth-order valence-corrected chi connectivity index (χ4v) is 4.72. The van der Waals surface area contributed by atoms with Crippen molar-refractivity contribution in [2.45, 2.75) is 55.6 Å². The number of carbonyl (C=O) groups is 2. The van der Waals surface area contributed by atoms with Crippen LogP contribution in [0, 0.1) is 5.92 Å². The van der Waals surface area contributed by atoms with Gasteiger partial charge in [0, 0.05) is 16.5 Å². The minimum Gasteiger partial charge on any atom is -0.495 e. The van der Waals surface area contributed by atoms with E-state index in [0.717, 1.165) is 36.3 Å². The van der Waals surface area contributed by atoms with Crippen molar-refractivity contribution in [3.63, 3.8) is 0 Å². The van der Waals surface area contributed by atoms with E-state index in [1.54, 1.807) is 7.11 Å². The normalized spacial score (nSPS) is 15.3. The van der Waals surface area contributed by atoms with Gasteiger partial charge in [0.25, 0.3) is 0 Å². The lowest BCUT2D eigenvalue weighted by Gasteiger charge is -2.21. The van der Waals surface area contributed by atoms with Crippen LogP contribution in [0.1, 0.15) is 45.4 Å². The molecular weight excluding hydrogens is 396 g/mol. The van der Waals surface area contributed by atoms with Crippen LogP contribution in [0.5, 0.6) is 5.75 Å². The lowest BCUT2D eigenvalue weighted by molar-refractivity contribution is -0.120. The Hall–Kier alpha value is -2.47. The topological polar surface area (TPSA) is 67.4 Å². The van der Waals surface area contributed by atoms with Gasteiger partial charge in [-0.3, -0.25) is 9.59 Å². The maximum Gasteiger partial charge on any atom is 0.237 e. The van der Waals surface area contributed by atoms with Crippen LogP contribution in [0.4, 0.5) is 11.4 Å². The molecule has 1 aliphatic carbocycles. The van der Waals surface area contributed by atoms with Crippen molar-refractivity contribution in [2.75, 3.05) is 17.7 Å². The lowest BCUT2D eigenvalue weighted by Crippen LogP contribution is -2.25. The van der Waals surface area contributed by atoms with Gasteiger partial charge in [0.15, 0.2) is 0 Å². The second-order valence-electron chi connectivity index (χ2n) is 7.56. The average Bonchev–Trinajstić information content (AvgIpc) is 2.78. The number of anilines is 2. The fourth-order valence-electron chi connectivity index (χ4n) is 3.70. The summed E-state index contributed by atoms with van der Waals surface area (Å²) in [5.41, 5.74) is 1.45. The van der Waals surface area contributed by atoms with E-state index in [1.807, 2.05) is 55.5 Å². The molecule has 0 heterocycles. The maximum absolute atomic E-state index is 12.8. The smallest absolute Gasteiger partial charge is 0.237 e. The molecule has 3 rings (SSSR count). The van der Waals surface area contributed by atoms with E-state index in [9.17, 15) is 9.59 Å². The molecule has 5 nitrogen and oxygen atoms in total. The van der Waals surface area contributed by atoms with Gasteiger partial charge in [-0.25, -0.2) is 0 Å². The molecule has 0 radical (unpaired) electrons. The van der Waals surface area contributed by atoms with Crippen molar-refractivity contribution >= 4 is 35.0 Å². The van der Waals surface area contributed by atoms with E-state index in [1.165, 1.54) is 18.2 Å². The van der Waals surface area contributed by atoms with Crippen LogP contribution in [0.3, 0.4) is 0 Å². The zero-order chi connectivity index (χ0) is 21.3. The molecule has 1 fully saturated rings.